The van der Waals surface area contributed by atoms with Gasteiger partial charge in [0.2, 0.25) is 0 Å². The van der Waals surface area contributed by atoms with Gasteiger partial charge in [0.1, 0.15) is 0 Å². The Morgan fingerprint density at radius 3 is 2.24 bits per heavy atom. The van der Waals surface area contributed by atoms with Crippen LogP contribution in [0, 0.1) is 0 Å². The zero-order valence-electron chi connectivity index (χ0n) is 11.3. The summed E-state index contributed by atoms with van der Waals surface area (Å²) in [6.07, 6.45) is 3.92. The quantitative estimate of drug-likeness (QED) is 0.707. The third-order valence-electron chi connectivity index (χ3n) is 2.93. The molecule has 0 spiro atoms. The van der Waals surface area contributed by atoms with E-state index in [2.05, 4.69) is 50.4 Å². The van der Waals surface area contributed by atoms with Crippen molar-refractivity contribution in [3.63, 3.8) is 0 Å². The van der Waals surface area contributed by atoms with Crippen molar-refractivity contribution in [1.29, 1.82) is 0 Å². The van der Waals surface area contributed by atoms with E-state index in [-0.39, 0.29) is 12.4 Å². The molecule has 0 atom stereocenters. The Morgan fingerprint density at radius 1 is 1.06 bits per heavy atom. The van der Waals surface area contributed by atoms with Crippen LogP contribution in [-0.4, -0.2) is 6.54 Å². The molecule has 0 bridgehead atoms. The fourth-order valence-corrected chi connectivity index (χ4v) is 1.75. The van der Waals surface area contributed by atoms with Crippen LogP contribution in [0.25, 0.3) is 0 Å². The summed E-state index contributed by atoms with van der Waals surface area (Å²) < 4.78 is 0. The molecule has 0 radical (unpaired) electrons. The summed E-state index contributed by atoms with van der Waals surface area (Å²) in [7, 11) is 0. The minimum absolute atomic E-state index is 0. The highest BCUT2D eigenvalue weighted by Gasteiger charge is 1.98. The topological polar surface area (TPSA) is 12.0 Å². The summed E-state index contributed by atoms with van der Waals surface area (Å²) in [6.45, 7) is 8.85. The Kier molecular flexibility index (Phi) is 9.20. The van der Waals surface area contributed by atoms with Gasteiger partial charge in [-0.3, -0.25) is 0 Å². The monoisotopic (exact) mass is 255 g/mol. The van der Waals surface area contributed by atoms with Gasteiger partial charge in [-0.2, -0.15) is 0 Å². The number of hydrogen-bond acceptors (Lipinski definition) is 1. The molecule has 0 saturated heterocycles. The molecule has 98 valence electrons. The minimum Gasteiger partial charge on any atom is -0.313 e. The van der Waals surface area contributed by atoms with E-state index in [4.69, 9.17) is 0 Å². The van der Waals surface area contributed by atoms with E-state index >= 15 is 0 Å². The maximum atomic E-state index is 3.49. The number of halogens is 1. The number of hydrogen-bond donors (Lipinski definition) is 1. The lowest BCUT2D eigenvalue weighted by molar-refractivity contribution is 0.616. The van der Waals surface area contributed by atoms with E-state index in [9.17, 15) is 0 Å². The first kappa shape index (κ1) is 16.5. The van der Waals surface area contributed by atoms with Crippen molar-refractivity contribution in [3.05, 3.63) is 35.4 Å². The van der Waals surface area contributed by atoms with E-state index < -0.39 is 0 Å². The van der Waals surface area contributed by atoms with Crippen LogP contribution in [0.1, 0.15) is 57.1 Å². The average Bonchev–Trinajstić information content (AvgIpc) is 2.29. The van der Waals surface area contributed by atoms with Crippen molar-refractivity contribution >= 4 is 12.4 Å². The zero-order chi connectivity index (χ0) is 11.8. The van der Waals surface area contributed by atoms with Gasteiger partial charge in [-0.05, 0) is 30.0 Å². The summed E-state index contributed by atoms with van der Waals surface area (Å²) in [6, 6.07) is 8.96. The summed E-state index contributed by atoms with van der Waals surface area (Å²) in [5.41, 5.74) is 2.82. The normalized spacial score (nSPS) is 10.4. The van der Waals surface area contributed by atoms with E-state index in [0.717, 1.165) is 13.1 Å². The Balaban J connectivity index is 0.00000256. The van der Waals surface area contributed by atoms with Crippen molar-refractivity contribution < 1.29 is 0 Å². The standard InChI is InChI=1S/C15H25N.ClH/c1-4-5-6-11-16-12-14-7-9-15(10-8-14)13(2)3;/h7-10,13,16H,4-6,11-12H2,1-3H3;1H. The SMILES string of the molecule is CCCCCNCc1ccc(C(C)C)cc1.Cl. The van der Waals surface area contributed by atoms with Crippen LogP contribution in [-0.2, 0) is 6.54 Å². The summed E-state index contributed by atoms with van der Waals surface area (Å²) in [5.74, 6) is 0.631. The fraction of sp³-hybridized carbons (Fsp3) is 0.600. The molecule has 0 saturated carbocycles. The molecule has 2 heteroatoms. The van der Waals surface area contributed by atoms with E-state index in [0.29, 0.717) is 5.92 Å². The molecule has 0 fully saturated rings. The molecular formula is C15H26ClN. The minimum atomic E-state index is 0. The third kappa shape index (κ3) is 6.70. The first-order valence-electron chi connectivity index (χ1n) is 6.53. The van der Waals surface area contributed by atoms with Crippen LogP contribution in [0.3, 0.4) is 0 Å². The van der Waals surface area contributed by atoms with Gasteiger partial charge in [0, 0.05) is 6.54 Å². The van der Waals surface area contributed by atoms with Gasteiger partial charge in [0.25, 0.3) is 0 Å². The third-order valence-corrected chi connectivity index (χ3v) is 2.93. The van der Waals surface area contributed by atoms with Gasteiger partial charge in [-0.25, -0.2) is 0 Å². The van der Waals surface area contributed by atoms with Crippen molar-refractivity contribution in [3.8, 4) is 0 Å². The zero-order valence-corrected chi connectivity index (χ0v) is 12.1. The first-order valence-corrected chi connectivity index (χ1v) is 6.53. The Bertz CT molecular complexity index is 279. The largest absolute Gasteiger partial charge is 0.313 e. The van der Waals surface area contributed by atoms with Gasteiger partial charge >= 0.3 is 0 Å². The number of rotatable bonds is 7. The van der Waals surface area contributed by atoms with E-state index in [1.165, 1.54) is 30.4 Å². The molecular weight excluding hydrogens is 230 g/mol. The highest BCUT2D eigenvalue weighted by atomic mass is 35.5. The molecule has 17 heavy (non-hydrogen) atoms. The molecule has 0 aliphatic heterocycles. The van der Waals surface area contributed by atoms with Gasteiger partial charge < -0.3 is 5.32 Å². The lowest BCUT2D eigenvalue weighted by Gasteiger charge is -2.08. The summed E-state index contributed by atoms with van der Waals surface area (Å²) in [5, 5.41) is 3.49. The summed E-state index contributed by atoms with van der Waals surface area (Å²) >= 11 is 0. The molecule has 0 aromatic heterocycles. The van der Waals surface area contributed by atoms with Crippen LogP contribution >= 0.6 is 12.4 Å². The highest BCUT2D eigenvalue weighted by molar-refractivity contribution is 5.85. The Morgan fingerprint density at radius 2 is 1.71 bits per heavy atom. The number of unbranched alkanes of at least 4 members (excludes halogenated alkanes) is 2. The predicted molar refractivity (Wildman–Crippen MR) is 79.0 cm³/mol. The molecule has 0 aliphatic rings. The molecule has 1 aromatic carbocycles. The second kappa shape index (κ2) is 9.49. The Labute approximate surface area is 112 Å². The average molecular weight is 256 g/mol. The van der Waals surface area contributed by atoms with Crippen LogP contribution < -0.4 is 5.32 Å². The van der Waals surface area contributed by atoms with E-state index in [1.54, 1.807) is 0 Å². The summed E-state index contributed by atoms with van der Waals surface area (Å²) in [4.78, 5) is 0. The predicted octanol–water partition coefficient (Wildman–Crippen LogP) is 4.51. The highest BCUT2D eigenvalue weighted by Crippen LogP contribution is 2.14. The van der Waals surface area contributed by atoms with Gasteiger partial charge in [0.05, 0.1) is 0 Å². The van der Waals surface area contributed by atoms with Gasteiger partial charge in [-0.15, -0.1) is 12.4 Å². The first-order chi connectivity index (χ1) is 7.74. The van der Waals surface area contributed by atoms with Crippen molar-refractivity contribution in [2.75, 3.05) is 6.54 Å². The molecule has 0 unspecified atom stereocenters. The van der Waals surface area contributed by atoms with E-state index in [1.807, 2.05) is 0 Å². The maximum Gasteiger partial charge on any atom is 0.0205 e. The second-order valence-corrected chi connectivity index (χ2v) is 4.78. The van der Waals surface area contributed by atoms with Crippen LogP contribution in [0.4, 0.5) is 0 Å². The van der Waals surface area contributed by atoms with Crippen molar-refractivity contribution in [2.24, 2.45) is 0 Å². The lowest BCUT2D eigenvalue weighted by Crippen LogP contribution is -2.14. The fourth-order valence-electron chi connectivity index (χ4n) is 1.75. The van der Waals surface area contributed by atoms with Crippen LogP contribution in [0.5, 0.6) is 0 Å². The molecule has 1 nitrogen and oxygen atoms in total. The van der Waals surface area contributed by atoms with Crippen molar-refractivity contribution in [1.82, 2.24) is 5.32 Å². The smallest absolute Gasteiger partial charge is 0.0205 e. The second-order valence-electron chi connectivity index (χ2n) is 4.78. The van der Waals surface area contributed by atoms with Gasteiger partial charge in [-0.1, -0.05) is 57.9 Å². The number of benzene rings is 1. The molecule has 1 N–H and O–H groups in total. The number of nitrogens with one attached hydrogen (secondary N) is 1. The molecule has 1 aromatic rings. The molecule has 0 heterocycles. The lowest BCUT2D eigenvalue weighted by atomic mass is 10.0. The van der Waals surface area contributed by atoms with Crippen molar-refractivity contribution in [2.45, 2.75) is 52.5 Å². The molecule has 0 aliphatic carbocycles. The van der Waals surface area contributed by atoms with Gasteiger partial charge in [0.15, 0.2) is 0 Å². The Hall–Kier alpha value is -0.530. The molecule has 1 rings (SSSR count). The van der Waals surface area contributed by atoms with Crippen LogP contribution in [0.2, 0.25) is 0 Å². The maximum absolute atomic E-state index is 3.49. The van der Waals surface area contributed by atoms with Crippen LogP contribution in [0.15, 0.2) is 24.3 Å². The molecule has 0 amide bonds.